The molecule has 0 fully saturated rings. The van der Waals surface area contributed by atoms with Crippen LogP contribution in [0.15, 0.2) is 0 Å². The minimum Gasteiger partial charge on any atom is -0.394 e. The van der Waals surface area contributed by atoms with Gasteiger partial charge in [0.2, 0.25) is 0 Å². The Morgan fingerprint density at radius 2 is 1.89 bits per heavy atom. The zero-order valence-corrected chi connectivity index (χ0v) is 12.5. The van der Waals surface area contributed by atoms with Crippen LogP contribution in [0.5, 0.6) is 0 Å². The molecule has 0 bridgehead atoms. The van der Waals surface area contributed by atoms with Crippen LogP contribution in [0.4, 0.5) is 5.82 Å². The Morgan fingerprint density at radius 3 is 2.53 bits per heavy atom. The number of hydrogen-bond acceptors (Lipinski definition) is 4. The summed E-state index contributed by atoms with van der Waals surface area (Å²) in [5.74, 6) is 1.74. The Kier molecular flexibility index (Phi) is 4.09. The molecule has 4 heteroatoms. The van der Waals surface area contributed by atoms with Crippen molar-refractivity contribution >= 4 is 5.82 Å². The molecule has 2 N–H and O–H groups in total. The highest BCUT2D eigenvalue weighted by atomic mass is 16.3. The molecule has 1 aliphatic rings. The van der Waals surface area contributed by atoms with E-state index < -0.39 is 0 Å². The lowest BCUT2D eigenvalue weighted by molar-refractivity contribution is 0.201. The van der Waals surface area contributed by atoms with E-state index >= 15 is 0 Å². The first-order chi connectivity index (χ1) is 8.91. The van der Waals surface area contributed by atoms with Crippen molar-refractivity contribution in [1.29, 1.82) is 0 Å². The number of aliphatic hydroxyl groups excluding tert-OH is 1. The largest absolute Gasteiger partial charge is 0.394 e. The first-order valence-electron chi connectivity index (χ1n) is 7.15. The van der Waals surface area contributed by atoms with Gasteiger partial charge in [-0.2, -0.15) is 0 Å². The highest BCUT2D eigenvalue weighted by Gasteiger charge is 2.26. The smallest absolute Gasteiger partial charge is 0.133 e. The summed E-state index contributed by atoms with van der Waals surface area (Å²) in [4.78, 5) is 9.11. The summed E-state index contributed by atoms with van der Waals surface area (Å²) in [6.45, 7) is 8.43. The summed E-state index contributed by atoms with van der Waals surface area (Å²) in [6, 6.07) is 0.00725. The van der Waals surface area contributed by atoms with Crippen molar-refractivity contribution in [3.05, 3.63) is 17.1 Å². The second-order valence-electron chi connectivity index (χ2n) is 6.50. The van der Waals surface area contributed by atoms with Crippen molar-refractivity contribution in [2.45, 2.75) is 59.4 Å². The SMILES string of the molecule is Cc1nc2c(c(N[C@H](CO)C(C)(C)C)n1)CCCC2. The predicted octanol–water partition coefficient (Wildman–Crippen LogP) is 2.48. The molecule has 1 aromatic rings. The van der Waals surface area contributed by atoms with Crippen molar-refractivity contribution < 1.29 is 5.11 Å². The molecule has 4 nitrogen and oxygen atoms in total. The lowest BCUT2D eigenvalue weighted by Crippen LogP contribution is -2.38. The summed E-state index contributed by atoms with van der Waals surface area (Å²) in [5, 5.41) is 13.0. The Labute approximate surface area is 115 Å². The van der Waals surface area contributed by atoms with Crippen molar-refractivity contribution in [1.82, 2.24) is 9.97 Å². The molecule has 0 amide bonds. The van der Waals surface area contributed by atoms with Gasteiger partial charge in [-0.05, 0) is 38.0 Å². The van der Waals surface area contributed by atoms with Crippen LogP contribution in [-0.4, -0.2) is 27.7 Å². The highest BCUT2D eigenvalue weighted by molar-refractivity contribution is 5.48. The van der Waals surface area contributed by atoms with Crippen LogP contribution < -0.4 is 5.32 Å². The Hall–Kier alpha value is -1.16. The second-order valence-corrected chi connectivity index (χ2v) is 6.50. The van der Waals surface area contributed by atoms with E-state index in [4.69, 9.17) is 0 Å². The van der Waals surface area contributed by atoms with E-state index in [0.717, 1.165) is 24.5 Å². The van der Waals surface area contributed by atoms with Crippen LogP contribution in [0.1, 0.15) is 50.7 Å². The van der Waals surface area contributed by atoms with E-state index in [0.29, 0.717) is 0 Å². The van der Waals surface area contributed by atoms with Gasteiger partial charge in [-0.3, -0.25) is 0 Å². The number of nitrogens with zero attached hydrogens (tertiary/aromatic N) is 2. The normalized spacial score (nSPS) is 16.9. The van der Waals surface area contributed by atoms with E-state index in [1.165, 1.54) is 24.1 Å². The molecule has 0 unspecified atom stereocenters. The zero-order chi connectivity index (χ0) is 14.0. The maximum Gasteiger partial charge on any atom is 0.133 e. The van der Waals surface area contributed by atoms with Gasteiger partial charge in [0.1, 0.15) is 11.6 Å². The molecule has 0 saturated carbocycles. The van der Waals surface area contributed by atoms with Gasteiger partial charge < -0.3 is 10.4 Å². The molecule has 0 saturated heterocycles. The van der Waals surface area contributed by atoms with Gasteiger partial charge in [0.15, 0.2) is 0 Å². The molecule has 0 aromatic carbocycles. The molecule has 19 heavy (non-hydrogen) atoms. The van der Waals surface area contributed by atoms with E-state index in [2.05, 4.69) is 36.1 Å². The molecule has 1 atom stereocenters. The molecule has 106 valence electrons. The topological polar surface area (TPSA) is 58.0 Å². The van der Waals surface area contributed by atoms with Crippen LogP contribution in [0.25, 0.3) is 0 Å². The van der Waals surface area contributed by atoms with Gasteiger partial charge in [-0.15, -0.1) is 0 Å². The Morgan fingerprint density at radius 1 is 1.21 bits per heavy atom. The highest BCUT2D eigenvalue weighted by Crippen LogP contribution is 2.28. The second kappa shape index (κ2) is 5.45. The summed E-state index contributed by atoms with van der Waals surface area (Å²) >= 11 is 0. The minimum atomic E-state index is -0.00481. The molecule has 1 aromatic heterocycles. The number of anilines is 1. The third-order valence-corrected chi connectivity index (χ3v) is 3.83. The zero-order valence-electron chi connectivity index (χ0n) is 12.5. The lowest BCUT2D eigenvalue weighted by atomic mass is 9.87. The monoisotopic (exact) mass is 263 g/mol. The standard InChI is InChI=1S/C15H25N3O/c1-10-16-12-8-6-5-7-11(12)14(17-10)18-13(9-19)15(2,3)4/h13,19H,5-9H2,1-4H3,(H,16,17,18)/t13-/m1/s1. The third-order valence-electron chi connectivity index (χ3n) is 3.83. The number of hydrogen-bond donors (Lipinski definition) is 2. The molecule has 0 spiro atoms. The summed E-state index contributed by atoms with van der Waals surface area (Å²) < 4.78 is 0. The average molecular weight is 263 g/mol. The Balaban J connectivity index is 2.31. The van der Waals surface area contributed by atoms with E-state index in [1.54, 1.807) is 0 Å². The summed E-state index contributed by atoms with van der Waals surface area (Å²) in [5.41, 5.74) is 2.43. The van der Waals surface area contributed by atoms with Crippen molar-refractivity contribution in [3.8, 4) is 0 Å². The minimum absolute atomic E-state index is 0.00481. The number of fused-ring (bicyclic) bond motifs is 1. The third kappa shape index (κ3) is 3.24. The van der Waals surface area contributed by atoms with Crippen molar-refractivity contribution in [2.75, 3.05) is 11.9 Å². The number of aryl methyl sites for hydroxylation is 2. The van der Waals surface area contributed by atoms with Gasteiger partial charge in [0.25, 0.3) is 0 Å². The van der Waals surface area contributed by atoms with E-state index in [9.17, 15) is 5.11 Å². The molecule has 1 heterocycles. The first-order valence-corrected chi connectivity index (χ1v) is 7.15. The fourth-order valence-corrected chi connectivity index (χ4v) is 2.54. The fraction of sp³-hybridized carbons (Fsp3) is 0.733. The van der Waals surface area contributed by atoms with Gasteiger partial charge >= 0.3 is 0 Å². The van der Waals surface area contributed by atoms with Crippen LogP contribution in [0.2, 0.25) is 0 Å². The molecular formula is C15H25N3O. The predicted molar refractivity (Wildman–Crippen MR) is 77.4 cm³/mol. The Bertz CT molecular complexity index is 451. The molecule has 0 aliphatic heterocycles. The quantitative estimate of drug-likeness (QED) is 0.879. The first kappa shape index (κ1) is 14.3. The van der Waals surface area contributed by atoms with E-state index in [1.807, 2.05) is 6.92 Å². The summed E-state index contributed by atoms with van der Waals surface area (Å²) in [7, 11) is 0. The number of aliphatic hydroxyl groups is 1. The van der Waals surface area contributed by atoms with Crippen molar-refractivity contribution in [3.63, 3.8) is 0 Å². The lowest BCUT2D eigenvalue weighted by Gasteiger charge is -2.31. The van der Waals surface area contributed by atoms with Gasteiger partial charge in [0, 0.05) is 11.3 Å². The van der Waals surface area contributed by atoms with Crippen molar-refractivity contribution in [2.24, 2.45) is 5.41 Å². The summed E-state index contributed by atoms with van der Waals surface area (Å²) in [6.07, 6.45) is 4.51. The van der Waals surface area contributed by atoms with E-state index in [-0.39, 0.29) is 18.1 Å². The van der Waals surface area contributed by atoms with Crippen LogP contribution in [-0.2, 0) is 12.8 Å². The van der Waals surface area contributed by atoms with Crippen LogP contribution in [0.3, 0.4) is 0 Å². The fourth-order valence-electron chi connectivity index (χ4n) is 2.54. The molecule has 0 radical (unpaired) electrons. The van der Waals surface area contributed by atoms with Crippen LogP contribution in [0, 0.1) is 12.3 Å². The number of rotatable bonds is 3. The van der Waals surface area contributed by atoms with Gasteiger partial charge in [-0.25, -0.2) is 9.97 Å². The number of nitrogens with one attached hydrogen (secondary N) is 1. The molecule has 1 aliphatic carbocycles. The number of aromatic nitrogens is 2. The average Bonchev–Trinajstić information content (AvgIpc) is 2.34. The maximum atomic E-state index is 9.59. The molecular weight excluding hydrogens is 238 g/mol. The van der Waals surface area contributed by atoms with Gasteiger partial charge in [0.05, 0.1) is 12.6 Å². The van der Waals surface area contributed by atoms with Gasteiger partial charge in [-0.1, -0.05) is 20.8 Å². The molecule has 2 rings (SSSR count). The van der Waals surface area contributed by atoms with Crippen LogP contribution >= 0.6 is 0 Å². The maximum absolute atomic E-state index is 9.59.